The summed E-state index contributed by atoms with van der Waals surface area (Å²) in [5, 5.41) is 3.04. The van der Waals surface area contributed by atoms with E-state index in [1.54, 1.807) is 7.05 Å². The predicted octanol–water partition coefficient (Wildman–Crippen LogP) is 0.572. The SMILES string of the molecule is CCCN(CC1CC1)CC(C)(NC)C(N)=O. The third kappa shape index (κ3) is 3.76. The van der Waals surface area contributed by atoms with Crippen molar-refractivity contribution in [3.63, 3.8) is 0 Å². The van der Waals surface area contributed by atoms with E-state index in [0.29, 0.717) is 6.54 Å². The molecule has 0 heterocycles. The first-order valence-electron chi connectivity index (χ1n) is 6.23. The van der Waals surface area contributed by atoms with Gasteiger partial charge in [-0.15, -0.1) is 0 Å². The Bertz CT molecular complexity index is 240. The van der Waals surface area contributed by atoms with Gasteiger partial charge < -0.3 is 16.0 Å². The van der Waals surface area contributed by atoms with Gasteiger partial charge in [-0.2, -0.15) is 0 Å². The number of primary amides is 1. The van der Waals surface area contributed by atoms with Crippen molar-refractivity contribution in [2.24, 2.45) is 11.7 Å². The molecule has 3 N–H and O–H groups in total. The molecule has 1 amide bonds. The second-order valence-electron chi connectivity index (χ2n) is 5.12. The molecule has 0 spiro atoms. The largest absolute Gasteiger partial charge is 0.368 e. The summed E-state index contributed by atoms with van der Waals surface area (Å²) in [5.74, 6) is 0.576. The van der Waals surface area contributed by atoms with E-state index in [9.17, 15) is 4.79 Å². The fourth-order valence-electron chi connectivity index (χ4n) is 1.94. The van der Waals surface area contributed by atoms with E-state index >= 15 is 0 Å². The van der Waals surface area contributed by atoms with Gasteiger partial charge in [0.1, 0.15) is 5.54 Å². The molecule has 1 unspecified atom stereocenters. The van der Waals surface area contributed by atoms with Crippen LogP contribution in [0.15, 0.2) is 0 Å². The van der Waals surface area contributed by atoms with Crippen molar-refractivity contribution in [1.82, 2.24) is 10.2 Å². The van der Waals surface area contributed by atoms with Crippen molar-refractivity contribution < 1.29 is 4.79 Å². The van der Waals surface area contributed by atoms with Gasteiger partial charge in [-0.05, 0) is 45.7 Å². The van der Waals surface area contributed by atoms with E-state index in [-0.39, 0.29) is 5.91 Å². The van der Waals surface area contributed by atoms with E-state index in [0.717, 1.165) is 25.4 Å². The fraction of sp³-hybridized carbons (Fsp3) is 0.917. The number of hydrogen-bond acceptors (Lipinski definition) is 3. The second-order valence-corrected chi connectivity index (χ2v) is 5.12. The molecular weight excluding hydrogens is 202 g/mol. The molecule has 0 bridgehead atoms. The Kier molecular flexibility index (Phi) is 4.74. The van der Waals surface area contributed by atoms with Crippen LogP contribution < -0.4 is 11.1 Å². The Morgan fingerprint density at radius 2 is 2.19 bits per heavy atom. The zero-order valence-corrected chi connectivity index (χ0v) is 10.8. The minimum atomic E-state index is -0.607. The lowest BCUT2D eigenvalue weighted by molar-refractivity contribution is -0.124. The van der Waals surface area contributed by atoms with Gasteiger partial charge in [0.2, 0.25) is 5.91 Å². The first kappa shape index (κ1) is 13.5. The van der Waals surface area contributed by atoms with Crippen molar-refractivity contribution in [1.29, 1.82) is 0 Å². The van der Waals surface area contributed by atoms with Crippen molar-refractivity contribution in [2.45, 2.75) is 38.6 Å². The standard InChI is InChI=1S/C12H25N3O/c1-4-7-15(8-10-5-6-10)9-12(2,14-3)11(13)16/h10,14H,4-9H2,1-3H3,(H2,13,16). The summed E-state index contributed by atoms with van der Waals surface area (Å²) in [6.45, 7) is 6.91. The number of likely N-dealkylation sites (N-methyl/N-ethyl adjacent to an activating group) is 1. The first-order chi connectivity index (χ1) is 7.51. The van der Waals surface area contributed by atoms with Crippen molar-refractivity contribution in [3.05, 3.63) is 0 Å². The lowest BCUT2D eigenvalue weighted by atomic mass is 10.0. The Hall–Kier alpha value is -0.610. The van der Waals surface area contributed by atoms with Crippen LogP contribution in [0.1, 0.15) is 33.1 Å². The van der Waals surface area contributed by atoms with Gasteiger partial charge in [0.15, 0.2) is 0 Å². The van der Waals surface area contributed by atoms with Crippen LogP contribution in [0.2, 0.25) is 0 Å². The number of amides is 1. The highest BCUT2D eigenvalue weighted by Gasteiger charge is 2.33. The van der Waals surface area contributed by atoms with E-state index in [4.69, 9.17) is 5.73 Å². The molecule has 1 aliphatic rings. The average molecular weight is 227 g/mol. The van der Waals surface area contributed by atoms with E-state index in [2.05, 4.69) is 17.1 Å². The van der Waals surface area contributed by atoms with Gasteiger partial charge in [-0.3, -0.25) is 4.79 Å². The average Bonchev–Trinajstić information content (AvgIpc) is 3.01. The Morgan fingerprint density at radius 1 is 1.56 bits per heavy atom. The summed E-state index contributed by atoms with van der Waals surface area (Å²) in [7, 11) is 1.80. The molecular formula is C12H25N3O. The highest BCUT2D eigenvalue weighted by molar-refractivity contribution is 5.84. The van der Waals surface area contributed by atoms with Crippen LogP contribution in [0.5, 0.6) is 0 Å². The topological polar surface area (TPSA) is 58.4 Å². The van der Waals surface area contributed by atoms with Crippen molar-refractivity contribution in [3.8, 4) is 0 Å². The first-order valence-corrected chi connectivity index (χ1v) is 6.23. The quantitative estimate of drug-likeness (QED) is 0.637. The Balaban J connectivity index is 2.52. The zero-order valence-electron chi connectivity index (χ0n) is 10.8. The smallest absolute Gasteiger partial charge is 0.238 e. The maximum Gasteiger partial charge on any atom is 0.238 e. The number of carbonyl (C=O) groups is 1. The van der Waals surface area contributed by atoms with Gasteiger partial charge in [0.05, 0.1) is 0 Å². The molecule has 1 fully saturated rings. The Morgan fingerprint density at radius 3 is 2.56 bits per heavy atom. The van der Waals surface area contributed by atoms with Gasteiger partial charge >= 0.3 is 0 Å². The third-order valence-corrected chi connectivity index (χ3v) is 3.39. The molecule has 1 saturated carbocycles. The van der Waals surface area contributed by atoms with Gasteiger partial charge in [0, 0.05) is 13.1 Å². The van der Waals surface area contributed by atoms with E-state index in [1.807, 2.05) is 6.92 Å². The monoisotopic (exact) mass is 227 g/mol. The molecule has 0 aliphatic heterocycles. The molecule has 0 saturated heterocycles. The molecule has 0 radical (unpaired) electrons. The lowest BCUT2D eigenvalue weighted by Gasteiger charge is -2.33. The number of nitrogens with one attached hydrogen (secondary N) is 1. The van der Waals surface area contributed by atoms with Crippen LogP contribution in [0.3, 0.4) is 0 Å². The molecule has 4 nitrogen and oxygen atoms in total. The summed E-state index contributed by atoms with van der Waals surface area (Å²) >= 11 is 0. The second kappa shape index (κ2) is 5.64. The number of nitrogens with two attached hydrogens (primary N) is 1. The summed E-state index contributed by atoms with van der Waals surface area (Å²) in [5.41, 5.74) is 4.84. The molecule has 4 heteroatoms. The maximum absolute atomic E-state index is 11.4. The van der Waals surface area contributed by atoms with Gasteiger partial charge in [-0.25, -0.2) is 0 Å². The van der Waals surface area contributed by atoms with E-state index in [1.165, 1.54) is 12.8 Å². The van der Waals surface area contributed by atoms with Crippen LogP contribution in [-0.4, -0.2) is 43.0 Å². The third-order valence-electron chi connectivity index (χ3n) is 3.39. The van der Waals surface area contributed by atoms with Crippen LogP contribution in [0.4, 0.5) is 0 Å². The van der Waals surface area contributed by atoms with Crippen LogP contribution in [0.25, 0.3) is 0 Å². The Labute approximate surface area is 98.6 Å². The van der Waals surface area contributed by atoms with Crippen LogP contribution in [-0.2, 0) is 4.79 Å². The minimum Gasteiger partial charge on any atom is -0.368 e. The summed E-state index contributed by atoms with van der Waals surface area (Å²) < 4.78 is 0. The fourth-order valence-corrected chi connectivity index (χ4v) is 1.94. The zero-order chi connectivity index (χ0) is 12.2. The van der Waals surface area contributed by atoms with Gasteiger partial charge in [-0.1, -0.05) is 6.92 Å². The van der Waals surface area contributed by atoms with Crippen molar-refractivity contribution in [2.75, 3.05) is 26.7 Å². The molecule has 0 aromatic carbocycles. The number of hydrogen-bond donors (Lipinski definition) is 2. The molecule has 1 rings (SSSR count). The molecule has 16 heavy (non-hydrogen) atoms. The van der Waals surface area contributed by atoms with Crippen molar-refractivity contribution >= 4 is 5.91 Å². The maximum atomic E-state index is 11.4. The highest BCUT2D eigenvalue weighted by Crippen LogP contribution is 2.30. The van der Waals surface area contributed by atoms with Crippen LogP contribution >= 0.6 is 0 Å². The normalized spacial score (nSPS) is 19.8. The molecule has 1 atom stereocenters. The predicted molar refractivity (Wildman–Crippen MR) is 66.1 cm³/mol. The number of carbonyl (C=O) groups excluding carboxylic acids is 1. The summed E-state index contributed by atoms with van der Waals surface area (Å²) in [6.07, 6.45) is 3.80. The molecule has 0 aromatic heterocycles. The number of rotatable bonds is 8. The number of nitrogens with zero attached hydrogens (tertiary/aromatic N) is 1. The summed E-state index contributed by atoms with van der Waals surface area (Å²) in [4.78, 5) is 13.8. The van der Waals surface area contributed by atoms with Gasteiger partial charge in [0.25, 0.3) is 0 Å². The highest BCUT2D eigenvalue weighted by atomic mass is 16.1. The summed E-state index contributed by atoms with van der Waals surface area (Å²) in [6, 6.07) is 0. The molecule has 94 valence electrons. The van der Waals surface area contributed by atoms with Crippen LogP contribution in [0, 0.1) is 5.92 Å². The van der Waals surface area contributed by atoms with E-state index < -0.39 is 5.54 Å². The minimum absolute atomic E-state index is 0.271. The molecule has 0 aromatic rings. The molecule has 1 aliphatic carbocycles. The lowest BCUT2D eigenvalue weighted by Crippen LogP contribution is -2.58.